The van der Waals surface area contributed by atoms with Gasteiger partial charge in [0.15, 0.2) is 0 Å². The Balaban J connectivity index is 2.09. The third kappa shape index (κ3) is 2.75. The van der Waals surface area contributed by atoms with E-state index in [9.17, 15) is 14.7 Å². The zero-order valence-corrected chi connectivity index (χ0v) is 11.8. The fourth-order valence-electron chi connectivity index (χ4n) is 2.34. The van der Waals surface area contributed by atoms with Crippen molar-refractivity contribution in [3.63, 3.8) is 0 Å². The molecular formula is C12H17N3O3S. The van der Waals surface area contributed by atoms with Gasteiger partial charge in [-0.3, -0.25) is 9.59 Å². The maximum absolute atomic E-state index is 12.2. The molecule has 1 unspecified atom stereocenters. The molecule has 1 atom stereocenters. The first kappa shape index (κ1) is 13.9. The molecule has 2 rings (SSSR count). The standard InChI is InChI=1S/C12H17N3O3S/c1-12(2,11(17)18)8-4-3-5-15(7-8)10(16)9-6-13-14-19-9/h6,8H,3-5,7H2,1-2H3,(H,17,18). The van der Waals surface area contributed by atoms with E-state index < -0.39 is 11.4 Å². The van der Waals surface area contributed by atoms with Crippen LogP contribution in [-0.4, -0.2) is 44.6 Å². The number of amides is 1. The summed E-state index contributed by atoms with van der Waals surface area (Å²) < 4.78 is 3.68. The molecule has 1 aromatic rings. The third-order valence-corrected chi connectivity index (χ3v) is 4.51. The van der Waals surface area contributed by atoms with Crippen molar-refractivity contribution >= 4 is 23.4 Å². The number of carboxylic acids is 1. The van der Waals surface area contributed by atoms with Crippen LogP contribution in [0.4, 0.5) is 0 Å². The number of hydrogen-bond donors (Lipinski definition) is 1. The molecular weight excluding hydrogens is 266 g/mol. The van der Waals surface area contributed by atoms with Gasteiger partial charge in [0.2, 0.25) is 0 Å². The summed E-state index contributed by atoms with van der Waals surface area (Å²) in [4.78, 5) is 25.7. The fraction of sp³-hybridized carbons (Fsp3) is 0.667. The van der Waals surface area contributed by atoms with Crippen LogP contribution in [0.3, 0.4) is 0 Å². The number of carbonyl (C=O) groups is 2. The van der Waals surface area contributed by atoms with Crippen molar-refractivity contribution in [2.24, 2.45) is 11.3 Å². The smallest absolute Gasteiger partial charge is 0.309 e. The Hall–Kier alpha value is -1.50. The summed E-state index contributed by atoms with van der Waals surface area (Å²) in [7, 11) is 0. The minimum Gasteiger partial charge on any atom is -0.481 e. The maximum atomic E-state index is 12.2. The minimum atomic E-state index is -0.815. The molecule has 2 heterocycles. The van der Waals surface area contributed by atoms with Crippen molar-refractivity contribution in [1.29, 1.82) is 0 Å². The molecule has 1 N–H and O–H groups in total. The second-order valence-electron chi connectivity index (χ2n) is 5.40. The highest BCUT2D eigenvalue weighted by molar-refractivity contribution is 7.07. The Morgan fingerprint density at radius 3 is 2.84 bits per heavy atom. The second kappa shape index (κ2) is 5.24. The molecule has 1 aliphatic rings. The van der Waals surface area contributed by atoms with E-state index in [1.807, 2.05) is 0 Å². The first-order valence-corrected chi connectivity index (χ1v) is 7.00. The highest BCUT2D eigenvalue weighted by atomic mass is 32.1. The number of rotatable bonds is 3. The van der Waals surface area contributed by atoms with Crippen LogP contribution in [0.1, 0.15) is 36.4 Å². The number of aromatic nitrogens is 2. The quantitative estimate of drug-likeness (QED) is 0.909. The van der Waals surface area contributed by atoms with Gasteiger partial charge in [0.25, 0.3) is 5.91 Å². The normalized spacial score (nSPS) is 20.3. The van der Waals surface area contributed by atoms with Crippen molar-refractivity contribution in [2.75, 3.05) is 13.1 Å². The lowest BCUT2D eigenvalue weighted by atomic mass is 9.74. The molecule has 1 aliphatic heterocycles. The SMILES string of the molecule is CC(C)(C(=O)O)C1CCCN(C(=O)c2cnns2)C1. The molecule has 7 heteroatoms. The highest BCUT2D eigenvalue weighted by Gasteiger charge is 2.40. The van der Waals surface area contributed by atoms with Crippen molar-refractivity contribution in [2.45, 2.75) is 26.7 Å². The maximum Gasteiger partial charge on any atom is 0.309 e. The molecule has 1 amide bonds. The highest BCUT2D eigenvalue weighted by Crippen LogP contribution is 2.34. The number of piperidine rings is 1. The van der Waals surface area contributed by atoms with Gasteiger partial charge in [-0.1, -0.05) is 4.49 Å². The number of carbonyl (C=O) groups excluding carboxylic acids is 1. The van der Waals surface area contributed by atoms with Crippen LogP contribution in [-0.2, 0) is 4.79 Å². The number of carboxylic acid groups (broad SMARTS) is 1. The zero-order valence-electron chi connectivity index (χ0n) is 11.0. The van der Waals surface area contributed by atoms with Crippen LogP contribution in [0.15, 0.2) is 6.20 Å². The first-order chi connectivity index (χ1) is 8.93. The topological polar surface area (TPSA) is 83.4 Å². The van der Waals surface area contributed by atoms with E-state index >= 15 is 0 Å². The van der Waals surface area contributed by atoms with Gasteiger partial charge in [0.05, 0.1) is 11.6 Å². The van der Waals surface area contributed by atoms with Crippen LogP contribution in [0.25, 0.3) is 0 Å². The molecule has 0 radical (unpaired) electrons. The lowest BCUT2D eigenvalue weighted by Crippen LogP contribution is -2.46. The molecule has 1 aromatic heterocycles. The molecule has 0 aliphatic carbocycles. The molecule has 1 saturated heterocycles. The van der Waals surface area contributed by atoms with Gasteiger partial charge >= 0.3 is 5.97 Å². The Bertz CT molecular complexity index is 473. The predicted molar refractivity (Wildman–Crippen MR) is 70.0 cm³/mol. The molecule has 0 spiro atoms. The molecule has 0 aromatic carbocycles. The average Bonchev–Trinajstić information content (AvgIpc) is 2.91. The molecule has 104 valence electrons. The van der Waals surface area contributed by atoms with E-state index in [2.05, 4.69) is 9.59 Å². The number of hydrogen-bond acceptors (Lipinski definition) is 5. The predicted octanol–water partition coefficient (Wildman–Crippen LogP) is 1.50. The Labute approximate surface area is 115 Å². The summed E-state index contributed by atoms with van der Waals surface area (Å²) in [5.41, 5.74) is -0.815. The van der Waals surface area contributed by atoms with E-state index in [1.54, 1.807) is 18.7 Å². The summed E-state index contributed by atoms with van der Waals surface area (Å²) in [6, 6.07) is 0. The van der Waals surface area contributed by atoms with Gasteiger partial charge in [-0.25, -0.2) is 0 Å². The van der Waals surface area contributed by atoms with E-state index in [-0.39, 0.29) is 11.8 Å². The zero-order chi connectivity index (χ0) is 14.0. The van der Waals surface area contributed by atoms with Gasteiger partial charge < -0.3 is 10.0 Å². The van der Waals surface area contributed by atoms with Gasteiger partial charge in [0, 0.05) is 13.1 Å². The second-order valence-corrected chi connectivity index (χ2v) is 6.18. The van der Waals surface area contributed by atoms with Crippen LogP contribution in [0.5, 0.6) is 0 Å². The summed E-state index contributed by atoms with van der Waals surface area (Å²) in [6.45, 7) is 4.60. The molecule has 0 saturated carbocycles. The van der Waals surface area contributed by atoms with E-state index in [0.717, 1.165) is 24.4 Å². The first-order valence-electron chi connectivity index (χ1n) is 6.23. The van der Waals surface area contributed by atoms with Gasteiger partial charge in [-0.2, -0.15) is 0 Å². The van der Waals surface area contributed by atoms with Gasteiger partial charge in [0.1, 0.15) is 4.88 Å². The lowest BCUT2D eigenvalue weighted by Gasteiger charge is -2.39. The monoisotopic (exact) mass is 283 g/mol. The van der Waals surface area contributed by atoms with Crippen molar-refractivity contribution in [3.05, 3.63) is 11.1 Å². The molecule has 1 fully saturated rings. The van der Waals surface area contributed by atoms with Crippen LogP contribution >= 0.6 is 11.5 Å². The largest absolute Gasteiger partial charge is 0.481 e. The summed E-state index contributed by atoms with van der Waals surface area (Å²) in [5.74, 6) is -0.935. The summed E-state index contributed by atoms with van der Waals surface area (Å²) >= 11 is 1.07. The van der Waals surface area contributed by atoms with Gasteiger partial charge in [-0.05, 0) is 44.1 Å². The van der Waals surface area contributed by atoms with Gasteiger partial charge in [-0.15, -0.1) is 5.10 Å². The molecule has 6 nitrogen and oxygen atoms in total. The van der Waals surface area contributed by atoms with E-state index in [4.69, 9.17) is 0 Å². The van der Waals surface area contributed by atoms with Crippen molar-refractivity contribution in [1.82, 2.24) is 14.5 Å². The van der Waals surface area contributed by atoms with Crippen LogP contribution in [0, 0.1) is 11.3 Å². The van der Waals surface area contributed by atoms with Crippen LogP contribution < -0.4 is 0 Å². The Morgan fingerprint density at radius 1 is 1.53 bits per heavy atom. The fourth-order valence-corrected chi connectivity index (χ4v) is 2.83. The summed E-state index contributed by atoms with van der Waals surface area (Å²) in [5, 5.41) is 12.9. The van der Waals surface area contributed by atoms with E-state index in [1.165, 1.54) is 6.20 Å². The van der Waals surface area contributed by atoms with Crippen molar-refractivity contribution in [3.8, 4) is 0 Å². The Kier molecular flexibility index (Phi) is 3.84. The minimum absolute atomic E-state index is 0.0245. The third-order valence-electron chi connectivity index (χ3n) is 3.85. The number of nitrogens with zero attached hydrogens (tertiary/aromatic N) is 3. The van der Waals surface area contributed by atoms with E-state index in [0.29, 0.717) is 18.0 Å². The lowest BCUT2D eigenvalue weighted by molar-refractivity contribution is -0.151. The average molecular weight is 283 g/mol. The number of aliphatic carboxylic acids is 1. The molecule has 19 heavy (non-hydrogen) atoms. The number of likely N-dealkylation sites (tertiary alicyclic amines) is 1. The molecule has 0 bridgehead atoms. The summed E-state index contributed by atoms with van der Waals surface area (Å²) in [6.07, 6.45) is 3.13. The van der Waals surface area contributed by atoms with Crippen LogP contribution in [0.2, 0.25) is 0 Å². The Morgan fingerprint density at radius 2 is 2.26 bits per heavy atom. The van der Waals surface area contributed by atoms with Crippen molar-refractivity contribution < 1.29 is 14.7 Å².